The predicted molar refractivity (Wildman–Crippen MR) is 83.4 cm³/mol. The van der Waals surface area contributed by atoms with Gasteiger partial charge in [0.05, 0.1) is 24.4 Å². The summed E-state index contributed by atoms with van der Waals surface area (Å²) < 4.78 is 9.86. The summed E-state index contributed by atoms with van der Waals surface area (Å²) in [5, 5.41) is 20.9. The van der Waals surface area contributed by atoms with Gasteiger partial charge in [-0.05, 0) is 13.8 Å². The maximum absolute atomic E-state index is 12.1. The van der Waals surface area contributed by atoms with Crippen LogP contribution in [0.4, 0.5) is 0 Å². The van der Waals surface area contributed by atoms with Crippen molar-refractivity contribution in [3.63, 3.8) is 0 Å². The monoisotopic (exact) mass is 318 g/mol. The molecule has 1 aliphatic rings. The van der Waals surface area contributed by atoms with Gasteiger partial charge in [-0.1, -0.05) is 24.3 Å². The predicted octanol–water partition coefficient (Wildman–Crippen LogP) is 2.75. The summed E-state index contributed by atoms with van der Waals surface area (Å²) in [5.41, 5.74) is 0.331. The van der Waals surface area contributed by atoms with Crippen molar-refractivity contribution in [2.45, 2.75) is 20.3 Å². The van der Waals surface area contributed by atoms with E-state index < -0.39 is 11.9 Å². The van der Waals surface area contributed by atoms with E-state index in [1.165, 1.54) is 0 Å². The minimum atomic E-state index is -0.740. The molecule has 1 aliphatic carbocycles. The molecule has 0 saturated heterocycles. The van der Waals surface area contributed by atoms with Crippen LogP contribution >= 0.6 is 0 Å². The molecule has 2 rings (SSSR count). The van der Waals surface area contributed by atoms with Crippen LogP contribution in [0.3, 0.4) is 0 Å². The van der Waals surface area contributed by atoms with Crippen molar-refractivity contribution in [3.8, 4) is 0 Å². The number of esters is 2. The highest BCUT2D eigenvalue weighted by Crippen LogP contribution is 2.35. The zero-order valence-corrected chi connectivity index (χ0v) is 13.0. The zero-order chi connectivity index (χ0) is 17.0. The first-order valence-electron chi connectivity index (χ1n) is 7.29. The fourth-order valence-corrected chi connectivity index (χ4v) is 2.34. The van der Waals surface area contributed by atoms with Gasteiger partial charge in [0.1, 0.15) is 11.5 Å². The van der Waals surface area contributed by atoms with Gasteiger partial charge in [0.25, 0.3) is 0 Å². The fraction of sp³-hybridized carbons (Fsp3) is 0.294. The Kier molecular flexibility index (Phi) is 5.05. The number of fused-ring (bicyclic) bond motifs is 1. The van der Waals surface area contributed by atoms with E-state index in [1.807, 2.05) is 0 Å². The van der Waals surface area contributed by atoms with Gasteiger partial charge in [-0.2, -0.15) is 0 Å². The first-order chi connectivity index (χ1) is 11.0. The number of rotatable bonds is 4. The maximum Gasteiger partial charge on any atom is 0.338 e. The Hall–Kier alpha value is -2.76. The lowest BCUT2D eigenvalue weighted by Gasteiger charge is -2.10. The summed E-state index contributed by atoms with van der Waals surface area (Å²) in [6.07, 6.45) is -0.274. The Morgan fingerprint density at radius 1 is 0.913 bits per heavy atom. The Labute approximate surface area is 133 Å². The summed E-state index contributed by atoms with van der Waals surface area (Å²) in [6.45, 7) is 3.53. The van der Waals surface area contributed by atoms with Gasteiger partial charge >= 0.3 is 11.9 Å². The van der Waals surface area contributed by atoms with Gasteiger partial charge in [0.2, 0.25) is 0 Å². The number of carbonyl (C=O) groups excluding carboxylic acids is 2. The molecule has 0 unspecified atom stereocenters. The molecular weight excluding hydrogens is 300 g/mol. The van der Waals surface area contributed by atoms with E-state index in [0.717, 1.165) is 0 Å². The maximum atomic E-state index is 12.1. The van der Waals surface area contributed by atoms with Crippen LogP contribution in [0.15, 0.2) is 35.4 Å². The molecule has 122 valence electrons. The minimum absolute atomic E-state index is 0.0913. The summed E-state index contributed by atoms with van der Waals surface area (Å²) in [4.78, 5) is 24.2. The largest absolute Gasteiger partial charge is 0.507 e. The average Bonchev–Trinajstić information content (AvgIpc) is 2.65. The Morgan fingerprint density at radius 3 is 1.65 bits per heavy atom. The smallest absolute Gasteiger partial charge is 0.338 e. The van der Waals surface area contributed by atoms with Gasteiger partial charge in [-0.3, -0.25) is 0 Å². The van der Waals surface area contributed by atoms with E-state index in [2.05, 4.69) is 0 Å². The summed E-state index contributed by atoms with van der Waals surface area (Å²) in [5.74, 6) is -2.11. The van der Waals surface area contributed by atoms with E-state index in [-0.39, 0.29) is 53.4 Å². The van der Waals surface area contributed by atoms with Gasteiger partial charge in [0.15, 0.2) is 0 Å². The molecule has 0 fully saturated rings. The Morgan fingerprint density at radius 2 is 1.30 bits per heavy atom. The molecule has 0 aliphatic heterocycles. The summed E-state index contributed by atoms with van der Waals surface area (Å²) in [7, 11) is 0. The highest BCUT2D eigenvalue weighted by atomic mass is 16.5. The van der Waals surface area contributed by atoms with Crippen LogP contribution in [0.1, 0.15) is 31.4 Å². The third kappa shape index (κ3) is 3.21. The standard InChI is InChI=1S/C17H18O6/c1-3-22-16(20)12-9-13(17(21)23-4-2)15(19)11-8-6-5-7-10(11)14(12)18/h5-8,18-19H,3-4,9H2,1-2H3. The van der Waals surface area contributed by atoms with Crippen molar-refractivity contribution >= 4 is 23.5 Å². The molecule has 2 N–H and O–H groups in total. The molecule has 1 aromatic rings. The number of hydrogen-bond acceptors (Lipinski definition) is 6. The molecule has 0 spiro atoms. The third-order valence-electron chi connectivity index (χ3n) is 3.41. The van der Waals surface area contributed by atoms with Crippen LogP contribution in [-0.2, 0) is 19.1 Å². The number of benzene rings is 1. The SMILES string of the molecule is CCOC(=O)C1=C(O)c2ccccc2C(O)=C(C(=O)OCC)C1. The van der Waals surface area contributed by atoms with Crippen molar-refractivity contribution in [1.29, 1.82) is 0 Å². The van der Waals surface area contributed by atoms with Crippen LogP contribution in [-0.4, -0.2) is 35.4 Å². The first-order valence-corrected chi connectivity index (χ1v) is 7.29. The lowest BCUT2D eigenvalue weighted by atomic mass is 10.0. The van der Waals surface area contributed by atoms with E-state index in [0.29, 0.717) is 0 Å². The van der Waals surface area contributed by atoms with Crippen LogP contribution < -0.4 is 0 Å². The molecule has 6 nitrogen and oxygen atoms in total. The van der Waals surface area contributed by atoms with Gasteiger partial charge in [-0.25, -0.2) is 9.59 Å². The minimum Gasteiger partial charge on any atom is -0.507 e. The summed E-state index contributed by atoms with van der Waals surface area (Å²) in [6, 6.07) is 6.41. The Bertz CT molecular complexity index is 640. The Balaban J connectivity index is 2.64. The molecule has 0 radical (unpaired) electrons. The zero-order valence-electron chi connectivity index (χ0n) is 13.0. The molecule has 0 bridgehead atoms. The molecule has 0 aromatic heterocycles. The van der Waals surface area contributed by atoms with Crippen molar-refractivity contribution < 1.29 is 29.3 Å². The van der Waals surface area contributed by atoms with E-state index in [4.69, 9.17) is 9.47 Å². The third-order valence-corrected chi connectivity index (χ3v) is 3.41. The highest BCUT2D eigenvalue weighted by Gasteiger charge is 2.31. The molecule has 23 heavy (non-hydrogen) atoms. The molecule has 1 aromatic carbocycles. The van der Waals surface area contributed by atoms with Crippen LogP contribution in [0.2, 0.25) is 0 Å². The second kappa shape index (κ2) is 7.00. The number of carbonyl (C=O) groups is 2. The normalized spacial score (nSPS) is 14.2. The van der Waals surface area contributed by atoms with Crippen LogP contribution in [0.25, 0.3) is 11.5 Å². The lowest BCUT2D eigenvalue weighted by molar-refractivity contribution is -0.139. The van der Waals surface area contributed by atoms with E-state index in [1.54, 1.807) is 38.1 Å². The molecule has 0 saturated carbocycles. The van der Waals surface area contributed by atoms with Gasteiger partial charge in [-0.15, -0.1) is 0 Å². The molecule has 0 amide bonds. The second-order valence-corrected chi connectivity index (χ2v) is 4.82. The average molecular weight is 318 g/mol. The van der Waals surface area contributed by atoms with E-state index >= 15 is 0 Å². The van der Waals surface area contributed by atoms with Crippen molar-refractivity contribution in [2.75, 3.05) is 13.2 Å². The molecular formula is C17H18O6. The number of aliphatic hydroxyl groups is 2. The molecule has 0 atom stereocenters. The quantitative estimate of drug-likeness (QED) is 0.829. The molecule has 0 heterocycles. The molecule has 6 heteroatoms. The number of aliphatic hydroxyl groups excluding tert-OH is 2. The van der Waals surface area contributed by atoms with Gasteiger partial charge in [0, 0.05) is 17.5 Å². The van der Waals surface area contributed by atoms with Crippen molar-refractivity contribution in [2.24, 2.45) is 0 Å². The summed E-state index contributed by atoms with van der Waals surface area (Å²) >= 11 is 0. The first kappa shape index (κ1) is 16.6. The fourth-order valence-electron chi connectivity index (χ4n) is 2.34. The number of ether oxygens (including phenoxy) is 2. The van der Waals surface area contributed by atoms with Crippen LogP contribution in [0, 0.1) is 0 Å². The van der Waals surface area contributed by atoms with Gasteiger partial charge < -0.3 is 19.7 Å². The number of hydrogen-bond donors (Lipinski definition) is 2. The van der Waals surface area contributed by atoms with Crippen molar-refractivity contribution in [1.82, 2.24) is 0 Å². The topological polar surface area (TPSA) is 93.1 Å². The van der Waals surface area contributed by atoms with Crippen LogP contribution in [0.5, 0.6) is 0 Å². The van der Waals surface area contributed by atoms with Crippen molar-refractivity contribution in [3.05, 3.63) is 46.5 Å². The highest BCUT2D eigenvalue weighted by molar-refractivity contribution is 6.05. The van der Waals surface area contributed by atoms with E-state index in [9.17, 15) is 19.8 Å². The lowest BCUT2D eigenvalue weighted by Crippen LogP contribution is -2.15. The second-order valence-electron chi connectivity index (χ2n) is 4.82.